The molecule has 2 aromatic carbocycles. The fraction of sp³-hybridized carbons (Fsp3) is 0.125. The van der Waals surface area contributed by atoms with Gasteiger partial charge in [0.25, 0.3) is 0 Å². The minimum Gasteiger partial charge on any atom is -0.494 e. The van der Waals surface area contributed by atoms with Gasteiger partial charge >= 0.3 is 0 Å². The number of furan rings is 1. The Morgan fingerprint density at radius 3 is 2.81 bits per heavy atom. The van der Waals surface area contributed by atoms with Gasteiger partial charge in [-0.15, -0.1) is 0 Å². The second kappa shape index (κ2) is 5.66. The van der Waals surface area contributed by atoms with E-state index >= 15 is 0 Å². The summed E-state index contributed by atoms with van der Waals surface area (Å²) in [7, 11) is 1.43. The largest absolute Gasteiger partial charge is 0.494 e. The molecule has 0 unspecified atom stereocenters. The molecule has 0 saturated carbocycles. The molecular weight excluding hydrogens is 293 g/mol. The van der Waals surface area contributed by atoms with Gasteiger partial charge in [-0.2, -0.15) is 0 Å². The van der Waals surface area contributed by atoms with Crippen LogP contribution in [0.4, 0.5) is 10.1 Å². The van der Waals surface area contributed by atoms with Crippen molar-refractivity contribution in [3.63, 3.8) is 0 Å². The van der Waals surface area contributed by atoms with Gasteiger partial charge in [0.2, 0.25) is 0 Å². The molecule has 0 atom stereocenters. The Morgan fingerprint density at radius 1 is 1.24 bits per heavy atom. The number of hydrogen-bond donors (Lipinski definition) is 1. The van der Waals surface area contributed by atoms with Crippen LogP contribution >= 0.6 is 11.6 Å². The lowest BCUT2D eigenvalue weighted by molar-refractivity contribution is 0.386. The van der Waals surface area contributed by atoms with E-state index in [2.05, 4.69) is 5.32 Å². The third-order valence-corrected chi connectivity index (χ3v) is 3.58. The summed E-state index contributed by atoms with van der Waals surface area (Å²) in [5.41, 5.74) is 2.23. The van der Waals surface area contributed by atoms with Crippen LogP contribution < -0.4 is 10.1 Å². The van der Waals surface area contributed by atoms with Crippen LogP contribution in [0.25, 0.3) is 11.0 Å². The summed E-state index contributed by atoms with van der Waals surface area (Å²) in [5.74, 6) is -0.196. The molecule has 5 heteroatoms. The number of anilines is 1. The summed E-state index contributed by atoms with van der Waals surface area (Å²) in [5, 5.41) is 4.43. The molecule has 0 aliphatic rings. The zero-order chi connectivity index (χ0) is 14.8. The van der Waals surface area contributed by atoms with Crippen molar-refractivity contribution >= 4 is 28.3 Å². The van der Waals surface area contributed by atoms with Crippen molar-refractivity contribution in [1.29, 1.82) is 0 Å². The van der Waals surface area contributed by atoms with Crippen LogP contribution in [-0.2, 0) is 6.54 Å². The molecular formula is C16H13ClFNO2. The van der Waals surface area contributed by atoms with Crippen LogP contribution in [0.15, 0.2) is 46.9 Å². The molecule has 108 valence electrons. The van der Waals surface area contributed by atoms with Crippen molar-refractivity contribution in [2.45, 2.75) is 6.54 Å². The van der Waals surface area contributed by atoms with E-state index in [1.165, 1.54) is 13.2 Å². The normalized spacial score (nSPS) is 10.8. The van der Waals surface area contributed by atoms with Crippen molar-refractivity contribution in [2.24, 2.45) is 0 Å². The van der Waals surface area contributed by atoms with Crippen LogP contribution in [0.5, 0.6) is 5.75 Å². The lowest BCUT2D eigenvalue weighted by Crippen LogP contribution is -2.00. The number of methoxy groups -OCH3 is 1. The standard InChI is InChI=1S/C16H13ClFNO2/c1-20-15-7-6-10(8-13(15)18)19-9-12-11-4-2-3-5-14(11)21-16(12)17/h2-8,19H,9H2,1H3. The third-order valence-electron chi connectivity index (χ3n) is 3.27. The highest BCUT2D eigenvalue weighted by atomic mass is 35.5. The predicted molar refractivity (Wildman–Crippen MR) is 81.5 cm³/mol. The van der Waals surface area contributed by atoms with Crippen molar-refractivity contribution < 1.29 is 13.5 Å². The number of benzene rings is 2. The zero-order valence-corrected chi connectivity index (χ0v) is 12.1. The lowest BCUT2D eigenvalue weighted by atomic mass is 10.1. The topological polar surface area (TPSA) is 34.4 Å². The highest BCUT2D eigenvalue weighted by Gasteiger charge is 2.12. The van der Waals surface area contributed by atoms with Gasteiger partial charge in [-0.3, -0.25) is 0 Å². The molecule has 0 spiro atoms. The maximum Gasteiger partial charge on any atom is 0.199 e. The summed E-state index contributed by atoms with van der Waals surface area (Å²) in [4.78, 5) is 0. The van der Waals surface area contributed by atoms with Gasteiger partial charge in [-0.1, -0.05) is 18.2 Å². The van der Waals surface area contributed by atoms with Crippen LogP contribution in [0.1, 0.15) is 5.56 Å². The molecule has 0 amide bonds. The first-order valence-corrected chi connectivity index (χ1v) is 6.80. The molecule has 1 N–H and O–H groups in total. The van der Waals surface area contributed by atoms with Crippen molar-refractivity contribution in [2.75, 3.05) is 12.4 Å². The van der Waals surface area contributed by atoms with Crippen LogP contribution in [0.3, 0.4) is 0 Å². The fourth-order valence-corrected chi connectivity index (χ4v) is 2.45. The molecule has 21 heavy (non-hydrogen) atoms. The molecule has 1 heterocycles. The van der Waals surface area contributed by atoms with Gasteiger partial charge in [0.1, 0.15) is 5.58 Å². The van der Waals surface area contributed by atoms with Gasteiger partial charge in [0.15, 0.2) is 16.8 Å². The molecule has 0 radical (unpaired) electrons. The summed E-state index contributed by atoms with van der Waals surface area (Å²) in [6, 6.07) is 12.3. The number of para-hydroxylation sites is 1. The lowest BCUT2D eigenvalue weighted by Gasteiger charge is -2.08. The fourth-order valence-electron chi connectivity index (χ4n) is 2.20. The summed E-state index contributed by atoms with van der Waals surface area (Å²) < 4.78 is 24.0. The van der Waals surface area contributed by atoms with Gasteiger partial charge in [0.05, 0.1) is 7.11 Å². The Hall–Kier alpha value is -2.20. The van der Waals surface area contributed by atoms with Crippen LogP contribution in [0, 0.1) is 5.82 Å². The Kier molecular flexibility index (Phi) is 3.71. The first kappa shape index (κ1) is 13.8. The smallest absolute Gasteiger partial charge is 0.199 e. The summed E-state index contributed by atoms with van der Waals surface area (Å²) in [6.07, 6.45) is 0. The highest BCUT2D eigenvalue weighted by molar-refractivity contribution is 6.30. The maximum absolute atomic E-state index is 13.6. The number of nitrogens with one attached hydrogen (secondary N) is 1. The van der Waals surface area contributed by atoms with Crippen molar-refractivity contribution in [3.8, 4) is 5.75 Å². The SMILES string of the molecule is COc1ccc(NCc2c(Cl)oc3ccccc23)cc1F. The average Bonchev–Trinajstić information content (AvgIpc) is 2.81. The first-order chi connectivity index (χ1) is 10.2. The molecule has 3 rings (SSSR count). The summed E-state index contributed by atoms with van der Waals surface area (Å²) in [6.45, 7) is 0.446. The van der Waals surface area contributed by atoms with Gasteiger partial charge in [0, 0.05) is 29.2 Å². The quantitative estimate of drug-likeness (QED) is 0.748. The monoisotopic (exact) mass is 305 g/mol. The van der Waals surface area contributed by atoms with E-state index in [1.807, 2.05) is 24.3 Å². The van der Waals surface area contributed by atoms with Gasteiger partial charge in [-0.05, 0) is 29.8 Å². The van der Waals surface area contributed by atoms with Crippen LogP contribution in [0.2, 0.25) is 5.22 Å². The molecule has 0 fully saturated rings. The minimum absolute atomic E-state index is 0.215. The van der Waals surface area contributed by atoms with E-state index in [9.17, 15) is 4.39 Å². The Labute approximate surface area is 126 Å². The second-order valence-corrected chi connectivity index (χ2v) is 4.90. The van der Waals surface area contributed by atoms with E-state index in [4.69, 9.17) is 20.8 Å². The highest BCUT2D eigenvalue weighted by Crippen LogP contribution is 2.30. The molecule has 0 aliphatic heterocycles. The van der Waals surface area contributed by atoms with E-state index in [1.54, 1.807) is 12.1 Å². The van der Waals surface area contributed by atoms with Gasteiger partial charge < -0.3 is 14.5 Å². The van der Waals surface area contributed by atoms with Crippen LogP contribution in [-0.4, -0.2) is 7.11 Å². The molecule has 0 aliphatic carbocycles. The average molecular weight is 306 g/mol. The number of ether oxygens (including phenoxy) is 1. The number of halogens is 2. The number of hydrogen-bond acceptors (Lipinski definition) is 3. The van der Waals surface area contributed by atoms with E-state index in [0.29, 0.717) is 17.5 Å². The Balaban J connectivity index is 1.83. The zero-order valence-electron chi connectivity index (χ0n) is 11.3. The van der Waals surface area contributed by atoms with Gasteiger partial charge in [-0.25, -0.2) is 4.39 Å². The van der Waals surface area contributed by atoms with E-state index in [-0.39, 0.29) is 5.75 Å². The Bertz CT molecular complexity index is 785. The summed E-state index contributed by atoms with van der Waals surface area (Å²) >= 11 is 6.11. The third kappa shape index (κ3) is 2.67. The molecule has 0 bridgehead atoms. The number of fused-ring (bicyclic) bond motifs is 1. The van der Waals surface area contributed by atoms with E-state index in [0.717, 1.165) is 16.5 Å². The first-order valence-electron chi connectivity index (χ1n) is 6.42. The maximum atomic E-state index is 13.6. The molecule has 0 saturated heterocycles. The Morgan fingerprint density at radius 2 is 2.05 bits per heavy atom. The van der Waals surface area contributed by atoms with Crippen molar-refractivity contribution in [1.82, 2.24) is 0 Å². The molecule has 3 nitrogen and oxygen atoms in total. The van der Waals surface area contributed by atoms with Crippen molar-refractivity contribution in [3.05, 3.63) is 59.1 Å². The van der Waals surface area contributed by atoms with E-state index < -0.39 is 5.82 Å². The number of rotatable bonds is 4. The molecule has 1 aromatic heterocycles. The minimum atomic E-state index is -0.411. The predicted octanol–water partition coefficient (Wildman–Crippen LogP) is 4.85. The second-order valence-electron chi connectivity index (χ2n) is 4.55. The molecule has 3 aromatic rings.